The highest BCUT2D eigenvalue weighted by Gasteiger charge is 2.34. The first-order valence-electron chi connectivity index (χ1n) is 4.15. The largest absolute Gasteiger partial charge is 0.299 e. The summed E-state index contributed by atoms with van der Waals surface area (Å²) in [5, 5.41) is 0. The van der Waals surface area contributed by atoms with Gasteiger partial charge in [-0.1, -0.05) is 30.4 Å². The van der Waals surface area contributed by atoms with E-state index in [-0.39, 0.29) is 6.42 Å². The fourth-order valence-electron chi connectivity index (χ4n) is 1.37. The minimum absolute atomic E-state index is 0.0586. The van der Waals surface area contributed by atoms with Crippen molar-refractivity contribution in [2.75, 3.05) is 4.90 Å². The summed E-state index contributed by atoms with van der Waals surface area (Å²) in [5.41, 5.74) is 0.661. The van der Waals surface area contributed by atoms with Crippen LogP contribution in [-0.4, -0.2) is 16.7 Å². The summed E-state index contributed by atoms with van der Waals surface area (Å²) >= 11 is 4.96. The molecule has 0 saturated carbocycles. The van der Waals surface area contributed by atoms with E-state index in [1.165, 1.54) is 4.90 Å². The van der Waals surface area contributed by atoms with E-state index in [0.717, 1.165) is 0 Å². The van der Waals surface area contributed by atoms with Crippen molar-refractivity contribution >= 4 is 34.6 Å². The van der Waals surface area contributed by atoms with Gasteiger partial charge in [0.05, 0.1) is 11.4 Å². The van der Waals surface area contributed by atoms with E-state index < -0.39 is 11.7 Å². The van der Waals surface area contributed by atoms with Crippen molar-refractivity contribution in [2.24, 2.45) is 0 Å². The third-order valence-electron chi connectivity index (χ3n) is 2.02. The van der Waals surface area contributed by atoms with E-state index in [1.807, 2.05) is 6.07 Å². The van der Waals surface area contributed by atoms with Crippen LogP contribution in [0.3, 0.4) is 0 Å². The number of nitrogens with zero attached hydrogens (tertiary/aromatic N) is 1. The third kappa shape index (κ3) is 1.33. The zero-order valence-corrected chi connectivity index (χ0v) is 8.08. The van der Waals surface area contributed by atoms with Gasteiger partial charge in [0.2, 0.25) is 5.78 Å². The Labute approximate surface area is 86.3 Å². The van der Waals surface area contributed by atoms with E-state index in [2.05, 4.69) is 0 Å². The van der Waals surface area contributed by atoms with Crippen LogP contribution in [0.5, 0.6) is 0 Å². The maximum Gasteiger partial charge on any atom is 0.299 e. The summed E-state index contributed by atoms with van der Waals surface area (Å²) in [7, 11) is 0. The molecule has 1 aromatic carbocycles. The highest BCUT2D eigenvalue weighted by molar-refractivity contribution is 7.80. The molecule has 1 fully saturated rings. The molecular weight excluding hydrogens is 198 g/mol. The monoisotopic (exact) mass is 205 g/mol. The molecule has 2 rings (SSSR count). The minimum Gasteiger partial charge on any atom is -0.288 e. The number of hydrogen-bond acceptors (Lipinski definition) is 3. The highest BCUT2D eigenvalue weighted by Crippen LogP contribution is 2.20. The van der Waals surface area contributed by atoms with Gasteiger partial charge in [0.15, 0.2) is 0 Å². The van der Waals surface area contributed by atoms with Gasteiger partial charge in [0.25, 0.3) is 5.91 Å². The third-order valence-corrected chi connectivity index (χ3v) is 2.34. The summed E-state index contributed by atoms with van der Waals surface area (Å²) < 4.78 is 0. The molecule has 3 nitrogen and oxygen atoms in total. The molecule has 1 aliphatic rings. The highest BCUT2D eigenvalue weighted by atomic mass is 32.1. The number of anilines is 1. The Bertz CT molecular complexity index is 413. The number of ketones is 1. The lowest BCUT2D eigenvalue weighted by molar-refractivity contribution is -0.133. The molecule has 14 heavy (non-hydrogen) atoms. The Kier molecular flexibility index (Phi) is 2.13. The SMILES string of the molecule is O=C1CC(=S)N(c2ccccc2)C1=O. The van der Waals surface area contributed by atoms with E-state index in [9.17, 15) is 9.59 Å². The second-order valence-electron chi connectivity index (χ2n) is 2.97. The van der Waals surface area contributed by atoms with Gasteiger partial charge in [0, 0.05) is 5.69 Å². The minimum atomic E-state index is -0.527. The van der Waals surface area contributed by atoms with Gasteiger partial charge in [-0.15, -0.1) is 0 Å². The molecule has 1 saturated heterocycles. The van der Waals surface area contributed by atoms with Crippen LogP contribution < -0.4 is 4.90 Å². The lowest BCUT2D eigenvalue weighted by atomic mass is 10.3. The van der Waals surface area contributed by atoms with Crippen molar-refractivity contribution < 1.29 is 9.59 Å². The van der Waals surface area contributed by atoms with E-state index >= 15 is 0 Å². The zero-order valence-electron chi connectivity index (χ0n) is 7.27. The molecule has 1 amide bonds. The second-order valence-corrected chi connectivity index (χ2v) is 3.44. The number of carbonyl (C=O) groups is 2. The average molecular weight is 205 g/mol. The van der Waals surface area contributed by atoms with Crippen LogP contribution in [-0.2, 0) is 9.59 Å². The zero-order chi connectivity index (χ0) is 10.1. The Morgan fingerprint density at radius 2 is 1.79 bits per heavy atom. The normalized spacial score (nSPS) is 16.6. The molecule has 0 unspecified atom stereocenters. The van der Waals surface area contributed by atoms with E-state index in [1.54, 1.807) is 24.3 Å². The predicted octanol–water partition coefficient (Wildman–Crippen LogP) is 1.32. The smallest absolute Gasteiger partial charge is 0.288 e. The van der Waals surface area contributed by atoms with Crippen molar-refractivity contribution in [1.82, 2.24) is 0 Å². The fourth-order valence-corrected chi connectivity index (χ4v) is 1.69. The average Bonchev–Trinajstić information content (AvgIpc) is 2.43. The molecule has 0 aromatic heterocycles. The standard InChI is InChI=1S/C10H7NO2S/c12-8-6-9(14)11(10(8)13)7-4-2-1-3-5-7/h1-5H,6H2. The second kappa shape index (κ2) is 3.31. The number of hydrogen-bond donors (Lipinski definition) is 0. The number of benzene rings is 1. The van der Waals surface area contributed by atoms with Crippen LogP contribution in [0.25, 0.3) is 0 Å². The first-order chi connectivity index (χ1) is 6.70. The molecule has 0 bridgehead atoms. The van der Waals surface area contributed by atoms with Crippen LogP contribution in [0, 0.1) is 0 Å². The molecule has 1 aliphatic heterocycles. The molecule has 70 valence electrons. The van der Waals surface area contributed by atoms with Crippen LogP contribution in [0.4, 0.5) is 5.69 Å². The van der Waals surface area contributed by atoms with E-state index in [4.69, 9.17) is 12.2 Å². The first kappa shape index (κ1) is 9.02. The van der Waals surface area contributed by atoms with Gasteiger partial charge in [-0.3, -0.25) is 14.5 Å². The van der Waals surface area contributed by atoms with Crippen LogP contribution >= 0.6 is 12.2 Å². The summed E-state index contributed by atoms with van der Waals surface area (Å²) in [6, 6.07) is 8.95. The van der Waals surface area contributed by atoms with Gasteiger partial charge in [-0.2, -0.15) is 0 Å². The Morgan fingerprint density at radius 3 is 2.29 bits per heavy atom. The van der Waals surface area contributed by atoms with Gasteiger partial charge in [-0.05, 0) is 12.1 Å². The molecular formula is C10H7NO2S. The van der Waals surface area contributed by atoms with Crippen molar-refractivity contribution in [2.45, 2.75) is 6.42 Å². The first-order valence-corrected chi connectivity index (χ1v) is 4.56. The topological polar surface area (TPSA) is 37.4 Å². The molecule has 0 radical (unpaired) electrons. The maximum absolute atomic E-state index is 11.4. The molecule has 0 aliphatic carbocycles. The van der Waals surface area contributed by atoms with Crippen molar-refractivity contribution in [3.05, 3.63) is 30.3 Å². The molecule has 1 heterocycles. The fraction of sp³-hybridized carbons (Fsp3) is 0.100. The molecule has 0 atom stereocenters. The lowest BCUT2D eigenvalue weighted by Gasteiger charge is -2.13. The van der Waals surface area contributed by atoms with Gasteiger partial charge in [-0.25, -0.2) is 0 Å². The van der Waals surface area contributed by atoms with E-state index in [0.29, 0.717) is 10.7 Å². The lowest BCUT2D eigenvalue weighted by Crippen LogP contribution is -2.29. The van der Waals surface area contributed by atoms with Gasteiger partial charge < -0.3 is 0 Å². The van der Waals surface area contributed by atoms with Crippen molar-refractivity contribution in [3.63, 3.8) is 0 Å². The van der Waals surface area contributed by atoms with Crippen LogP contribution in [0.1, 0.15) is 6.42 Å². The summed E-state index contributed by atoms with van der Waals surface area (Å²) in [4.78, 5) is 24.2. The molecule has 4 heteroatoms. The molecule has 0 N–H and O–H groups in total. The van der Waals surface area contributed by atoms with Gasteiger partial charge >= 0.3 is 0 Å². The van der Waals surface area contributed by atoms with Crippen molar-refractivity contribution in [1.29, 1.82) is 0 Å². The predicted molar refractivity (Wildman–Crippen MR) is 56.2 cm³/mol. The van der Waals surface area contributed by atoms with Crippen LogP contribution in [0.2, 0.25) is 0 Å². The number of Topliss-reactive ketones (excluding diaryl/α,β-unsaturated/α-hetero) is 1. The molecule has 0 spiro atoms. The maximum atomic E-state index is 11.4. The number of rotatable bonds is 1. The number of para-hydroxylation sites is 1. The summed E-state index contributed by atoms with van der Waals surface area (Å²) in [6.07, 6.45) is 0.0586. The van der Waals surface area contributed by atoms with Crippen molar-refractivity contribution in [3.8, 4) is 0 Å². The number of amides is 1. The molecule has 1 aromatic rings. The van der Waals surface area contributed by atoms with Crippen LogP contribution in [0.15, 0.2) is 30.3 Å². The quantitative estimate of drug-likeness (QED) is 0.512. The number of carbonyl (C=O) groups excluding carboxylic acids is 2. The summed E-state index contributed by atoms with van der Waals surface area (Å²) in [6.45, 7) is 0. The van der Waals surface area contributed by atoms with Gasteiger partial charge in [0.1, 0.15) is 0 Å². The number of thiocarbonyl (C=S) groups is 1. The summed E-state index contributed by atoms with van der Waals surface area (Å²) in [5.74, 6) is -0.958. The Morgan fingerprint density at radius 1 is 1.14 bits per heavy atom. The Balaban J connectivity index is 2.41. The Hall–Kier alpha value is -1.55.